The minimum absolute atomic E-state index is 0.0319. The number of nitrogens with one attached hydrogen (secondary N) is 1. The molecule has 0 amide bonds. The molecule has 3 rings (SSSR count). The van der Waals surface area contributed by atoms with E-state index in [0.717, 1.165) is 30.4 Å². The molecule has 2 aromatic heterocycles. The van der Waals surface area contributed by atoms with Crippen LogP contribution >= 0.6 is 11.6 Å². The summed E-state index contributed by atoms with van der Waals surface area (Å²) >= 11 is 5.80. The standard InChI is InChI=1S/C13H13ClN2O3/c14-12-5-8-4-10(16-11(8)6-15-12)13(17)19-7-9-2-1-3-18-9/h4-6,9,16H,1-3,7H2. The van der Waals surface area contributed by atoms with Gasteiger partial charge in [0, 0.05) is 12.0 Å². The molecule has 100 valence electrons. The second-order valence-electron chi connectivity index (χ2n) is 4.51. The molecule has 2 aromatic rings. The van der Waals surface area contributed by atoms with Crippen molar-refractivity contribution in [3.05, 3.63) is 29.2 Å². The number of aromatic amines is 1. The van der Waals surface area contributed by atoms with Crippen molar-refractivity contribution in [3.63, 3.8) is 0 Å². The second-order valence-corrected chi connectivity index (χ2v) is 4.90. The number of nitrogens with zero attached hydrogens (tertiary/aromatic N) is 1. The SMILES string of the molecule is O=C(OCC1CCCO1)c1cc2cc(Cl)ncc2[nH]1. The molecule has 0 bridgehead atoms. The highest BCUT2D eigenvalue weighted by atomic mass is 35.5. The number of hydrogen-bond donors (Lipinski definition) is 1. The quantitative estimate of drug-likeness (QED) is 0.693. The van der Waals surface area contributed by atoms with Crippen molar-refractivity contribution in [2.24, 2.45) is 0 Å². The minimum atomic E-state index is -0.386. The Bertz CT molecular complexity index is 605. The summed E-state index contributed by atoms with van der Waals surface area (Å²) in [5.41, 5.74) is 1.16. The number of carbonyl (C=O) groups is 1. The van der Waals surface area contributed by atoms with Crippen LogP contribution in [0.5, 0.6) is 0 Å². The van der Waals surface area contributed by atoms with E-state index < -0.39 is 0 Å². The number of aromatic nitrogens is 2. The molecule has 1 aliphatic rings. The van der Waals surface area contributed by atoms with E-state index in [-0.39, 0.29) is 12.1 Å². The fourth-order valence-electron chi connectivity index (χ4n) is 2.14. The molecule has 0 saturated carbocycles. The van der Waals surface area contributed by atoms with Crippen molar-refractivity contribution in [2.75, 3.05) is 13.2 Å². The number of ether oxygens (including phenoxy) is 2. The van der Waals surface area contributed by atoms with Gasteiger partial charge in [0.25, 0.3) is 0 Å². The topological polar surface area (TPSA) is 64.2 Å². The van der Waals surface area contributed by atoms with Crippen molar-refractivity contribution in [1.29, 1.82) is 0 Å². The van der Waals surface area contributed by atoms with Gasteiger partial charge in [0.15, 0.2) is 0 Å². The first-order valence-corrected chi connectivity index (χ1v) is 6.53. The van der Waals surface area contributed by atoms with Crippen LogP contribution in [0, 0.1) is 0 Å². The molecule has 1 fully saturated rings. The molecule has 1 saturated heterocycles. The third-order valence-electron chi connectivity index (χ3n) is 3.12. The summed E-state index contributed by atoms with van der Waals surface area (Å²) in [5, 5.41) is 1.23. The highest BCUT2D eigenvalue weighted by molar-refractivity contribution is 6.30. The number of H-pyrrole nitrogens is 1. The Morgan fingerprint density at radius 3 is 3.26 bits per heavy atom. The molecule has 0 radical (unpaired) electrons. The van der Waals surface area contributed by atoms with E-state index in [1.54, 1.807) is 18.3 Å². The van der Waals surface area contributed by atoms with E-state index in [0.29, 0.717) is 17.5 Å². The predicted octanol–water partition coefficient (Wildman–Crippen LogP) is 2.55. The molecule has 5 nitrogen and oxygen atoms in total. The highest BCUT2D eigenvalue weighted by Crippen LogP contribution is 2.19. The summed E-state index contributed by atoms with van der Waals surface area (Å²) in [7, 11) is 0. The Labute approximate surface area is 114 Å². The summed E-state index contributed by atoms with van der Waals surface area (Å²) < 4.78 is 10.6. The van der Waals surface area contributed by atoms with Gasteiger partial charge in [-0.1, -0.05) is 11.6 Å². The summed E-state index contributed by atoms with van der Waals surface area (Å²) in [5.74, 6) is -0.386. The lowest BCUT2D eigenvalue weighted by Gasteiger charge is -2.09. The zero-order chi connectivity index (χ0) is 13.2. The van der Waals surface area contributed by atoms with E-state index in [2.05, 4.69) is 9.97 Å². The van der Waals surface area contributed by atoms with Crippen LogP contribution in [0.3, 0.4) is 0 Å². The third-order valence-corrected chi connectivity index (χ3v) is 3.32. The maximum absolute atomic E-state index is 11.9. The maximum Gasteiger partial charge on any atom is 0.354 e. The fraction of sp³-hybridized carbons (Fsp3) is 0.385. The number of halogens is 1. The molecule has 3 heterocycles. The van der Waals surface area contributed by atoms with E-state index in [9.17, 15) is 4.79 Å². The highest BCUT2D eigenvalue weighted by Gasteiger charge is 2.19. The third kappa shape index (κ3) is 2.72. The first-order valence-electron chi connectivity index (χ1n) is 6.15. The van der Waals surface area contributed by atoms with Crippen LogP contribution < -0.4 is 0 Å². The molecule has 0 aromatic carbocycles. The largest absolute Gasteiger partial charge is 0.458 e. The van der Waals surface area contributed by atoms with Gasteiger partial charge < -0.3 is 14.5 Å². The van der Waals surface area contributed by atoms with Crippen molar-refractivity contribution in [3.8, 4) is 0 Å². The monoisotopic (exact) mass is 280 g/mol. The summed E-state index contributed by atoms with van der Waals surface area (Å²) in [6.45, 7) is 1.05. The first-order chi connectivity index (χ1) is 9.22. The van der Waals surface area contributed by atoms with Crippen LogP contribution in [0.15, 0.2) is 18.3 Å². The van der Waals surface area contributed by atoms with Crippen molar-refractivity contribution in [2.45, 2.75) is 18.9 Å². The van der Waals surface area contributed by atoms with Gasteiger partial charge in [-0.2, -0.15) is 0 Å². The molecule has 1 aliphatic heterocycles. The number of rotatable bonds is 3. The van der Waals surface area contributed by atoms with Crippen LogP contribution in [0.25, 0.3) is 10.9 Å². The Balaban J connectivity index is 1.70. The van der Waals surface area contributed by atoms with Crippen molar-refractivity contribution in [1.82, 2.24) is 9.97 Å². The first kappa shape index (κ1) is 12.4. The van der Waals surface area contributed by atoms with E-state index in [1.807, 2.05) is 0 Å². The summed E-state index contributed by atoms with van der Waals surface area (Å²) in [4.78, 5) is 18.8. The molecule has 1 atom stereocenters. The minimum Gasteiger partial charge on any atom is -0.458 e. The number of esters is 1. The van der Waals surface area contributed by atoms with Crippen LogP contribution in [0.1, 0.15) is 23.3 Å². The van der Waals surface area contributed by atoms with Gasteiger partial charge in [-0.25, -0.2) is 9.78 Å². The van der Waals surface area contributed by atoms with E-state index in [1.165, 1.54) is 0 Å². The number of carbonyl (C=O) groups excluding carboxylic acids is 1. The fourth-order valence-corrected chi connectivity index (χ4v) is 2.30. The van der Waals surface area contributed by atoms with E-state index >= 15 is 0 Å². The molecule has 6 heteroatoms. The van der Waals surface area contributed by atoms with Gasteiger partial charge in [0.2, 0.25) is 0 Å². The average molecular weight is 281 g/mol. The molecule has 1 N–H and O–H groups in total. The summed E-state index contributed by atoms with van der Waals surface area (Å²) in [6.07, 6.45) is 3.59. The number of hydrogen-bond acceptors (Lipinski definition) is 4. The van der Waals surface area contributed by atoms with Gasteiger partial charge >= 0.3 is 5.97 Å². The van der Waals surface area contributed by atoms with Gasteiger partial charge in [0.05, 0.1) is 17.8 Å². The lowest BCUT2D eigenvalue weighted by Crippen LogP contribution is -2.17. The van der Waals surface area contributed by atoms with Crippen molar-refractivity contribution < 1.29 is 14.3 Å². The number of pyridine rings is 1. The molecule has 19 heavy (non-hydrogen) atoms. The van der Waals surface area contributed by atoms with Crippen LogP contribution in [0.2, 0.25) is 5.15 Å². The van der Waals surface area contributed by atoms with Crippen molar-refractivity contribution >= 4 is 28.5 Å². The smallest absolute Gasteiger partial charge is 0.354 e. The maximum atomic E-state index is 11.9. The molecular formula is C13H13ClN2O3. The summed E-state index contributed by atoms with van der Waals surface area (Å²) in [6, 6.07) is 3.41. The lowest BCUT2D eigenvalue weighted by molar-refractivity contribution is 0.0157. The van der Waals surface area contributed by atoms with Crippen LogP contribution in [-0.2, 0) is 9.47 Å². The molecular weight excluding hydrogens is 268 g/mol. The average Bonchev–Trinajstić information content (AvgIpc) is 3.04. The predicted molar refractivity (Wildman–Crippen MR) is 70.4 cm³/mol. The van der Waals surface area contributed by atoms with Gasteiger partial charge in [-0.15, -0.1) is 0 Å². The zero-order valence-corrected chi connectivity index (χ0v) is 10.9. The molecule has 1 unspecified atom stereocenters. The Morgan fingerprint density at radius 1 is 1.58 bits per heavy atom. The van der Waals surface area contributed by atoms with E-state index in [4.69, 9.17) is 21.1 Å². The van der Waals surface area contributed by atoms with Gasteiger partial charge in [-0.05, 0) is 25.0 Å². The molecule has 0 spiro atoms. The Hall–Kier alpha value is -1.59. The number of fused-ring (bicyclic) bond motifs is 1. The second kappa shape index (κ2) is 5.19. The Kier molecular flexibility index (Phi) is 3.40. The molecule has 0 aliphatic carbocycles. The zero-order valence-electron chi connectivity index (χ0n) is 10.2. The Morgan fingerprint density at radius 2 is 2.47 bits per heavy atom. The van der Waals surface area contributed by atoms with Crippen LogP contribution in [0.4, 0.5) is 0 Å². The lowest BCUT2D eigenvalue weighted by atomic mass is 10.2. The van der Waals surface area contributed by atoms with Crippen LogP contribution in [-0.4, -0.2) is 35.3 Å². The van der Waals surface area contributed by atoms with Gasteiger partial charge in [-0.3, -0.25) is 0 Å². The van der Waals surface area contributed by atoms with Gasteiger partial charge in [0.1, 0.15) is 17.5 Å². The normalized spacial score (nSPS) is 18.9.